The summed E-state index contributed by atoms with van der Waals surface area (Å²) < 4.78 is 6.05. The van der Waals surface area contributed by atoms with E-state index >= 15 is 0 Å². The van der Waals surface area contributed by atoms with Crippen molar-refractivity contribution in [1.29, 1.82) is 0 Å². The van der Waals surface area contributed by atoms with Crippen LogP contribution in [0.4, 0.5) is 0 Å². The minimum Gasteiger partial charge on any atom is -0.373 e. The Balaban J connectivity index is 1.57. The van der Waals surface area contributed by atoms with E-state index < -0.39 is 45.6 Å². The fourth-order valence-electron chi connectivity index (χ4n) is 5.52. The smallest absolute Gasteiger partial charge is 0.260 e. The number of carbonyl (C=O) groups is 2. The van der Waals surface area contributed by atoms with Crippen LogP contribution < -0.4 is 0 Å². The van der Waals surface area contributed by atoms with Crippen molar-refractivity contribution in [3.63, 3.8) is 0 Å². The molecule has 134 valence electrons. The number of hydroxylamine groups is 2. The Labute approximate surface area is 163 Å². The number of imide groups is 1. The third-order valence-electron chi connectivity index (χ3n) is 6.29. The molecule has 1 saturated carbocycles. The van der Waals surface area contributed by atoms with Crippen LogP contribution in [0.2, 0.25) is 0 Å². The van der Waals surface area contributed by atoms with Gasteiger partial charge in [-0.15, -0.1) is 29.8 Å². The summed E-state index contributed by atoms with van der Waals surface area (Å²) in [6, 6.07) is 0. The van der Waals surface area contributed by atoms with Crippen LogP contribution >= 0.6 is 46.4 Å². The first kappa shape index (κ1) is 16.8. The van der Waals surface area contributed by atoms with E-state index in [0.29, 0.717) is 16.5 Å². The Morgan fingerprint density at radius 1 is 1.12 bits per heavy atom. The van der Waals surface area contributed by atoms with Crippen LogP contribution in [-0.4, -0.2) is 45.4 Å². The van der Waals surface area contributed by atoms with E-state index in [1.54, 1.807) is 0 Å². The summed E-state index contributed by atoms with van der Waals surface area (Å²) in [5.74, 6) is -2.57. The van der Waals surface area contributed by atoms with Crippen molar-refractivity contribution in [2.45, 2.75) is 28.4 Å². The van der Waals surface area contributed by atoms with Crippen molar-refractivity contribution < 1.29 is 19.2 Å². The molecule has 3 heterocycles. The molecule has 5 nitrogen and oxygen atoms in total. The number of ether oxygens (including phenoxy) is 1. The highest BCUT2D eigenvalue weighted by Gasteiger charge is 2.82. The molecule has 0 aromatic heterocycles. The first-order valence-corrected chi connectivity index (χ1v) is 9.49. The molecule has 0 radical (unpaired) electrons. The van der Waals surface area contributed by atoms with Gasteiger partial charge in [0.2, 0.25) is 0 Å². The van der Waals surface area contributed by atoms with Crippen LogP contribution in [0.15, 0.2) is 22.7 Å². The Hall–Kier alpha value is -0.300. The number of hydrogen-bond acceptors (Lipinski definition) is 4. The summed E-state index contributed by atoms with van der Waals surface area (Å²) in [7, 11) is 0. The molecular weight excluding hydrogens is 412 g/mol. The molecule has 8 atom stereocenters. The highest BCUT2D eigenvalue weighted by molar-refractivity contribution is 6.51. The topological polar surface area (TPSA) is 55.8 Å². The van der Waals surface area contributed by atoms with Crippen molar-refractivity contribution in [2.24, 2.45) is 23.7 Å². The molecule has 0 aromatic carbocycles. The third kappa shape index (κ3) is 1.67. The number of rotatable bonds is 3. The number of fused-ring (bicyclic) bond motifs is 12. The predicted octanol–water partition coefficient (Wildman–Crippen LogP) is 2.78. The number of halogens is 4. The van der Waals surface area contributed by atoms with Crippen LogP contribution in [0.5, 0.6) is 0 Å². The summed E-state index contributed by atoms with van der Waals surface area (Å²) in [5, 5.41) is 1.49. The number of allylic oxidation sites excluding steroid dienone is 2. The van der Waals surface area contributed by atoms with Gasteiger partial charge in [-0.3, -0.25) is 14.4 Å². The standard InChI is InChI=1S/C16H13Cl4NO4/c1-2-3-24-21-13(22)5-6(14(21)23)10-8-7(9(5)25-10)15(19)4-16(8,20)12(18)11(15)17/h2,5-10H,1,3-4H2/t5-,6-,7-,8-,9+,10+,15+,16+/m0/s1. The molecule has 25 heavy (non-hydrogen) atoms. The zero-order valence-electron chi connectivity index (χ0n) is 12.8. The third-order valence-corrected chi connectivity index (χ3v) is 8.78. The maximum atomic E-state index is 12.7. The summed E-state index contributed by atoms with van der Waals surface area (Å²) in [6.45, 7) is 3.59. The zero-order valence-corrected chi connectivity index (χ0v) is 15.8. The molecular formula is C16H13Cl4NO4. The molecule has 4 bridgehead atoms. The Morgan fingerprint density at radius 3 is 2.04 bits per heavy atom. The SMILES string of the molecule is C=CCON1C(=O)[C@@H]2[C@H]3O[C@H]([C@H]2C1=O)[C@@H]1[C@@H]3[C@]2(Cl)C[C@]1(Cl)C(Cl)=C2Cl. The number of alkyl halides is 2. The van der Waals surface area contributed by atoms with E-state index in [1.165, 1.54) is 6.08 Å². The molecule has 3 aliphatic heterocycles. The van der Waals surface area contributed by atoms with Gasteiger partial charge in [-0.2, -0.15) is 5.06 Å². The molecule has 0 unspecified atom stereocenters. The highest BCUT2D eigenvalue weighted by atomic mass is 35.5. The van der Waals surface area contributed by atoms with E-state index in [2.05, 4.69) is 6.58 Å². The van der Waals surface area contributed by atoms with Crippen LogP contribution in [-0.2, 0) is 19.2 Å². The molecule has 2 aliphatic carbocycles. The lowest BCUT2D eigenvalue weighted by Crippen LogP contribution is -2.50. The summed E-state index contributed by atoms with van der Waals surface area (Å²) >= 11 is 26.4. The van der Waals surface area contributed by atoms with Gasteiger partial charge in [0.25, 0.3) is 11.8 Å². The molecule has 0 N–H and O–H groups in total. The first-order chi connectivity index (χ1) is 11.8. The Morgan fingerprint density at radius 2 is 1.60 bits per heavy atom. The van der Waals surface area contributed by atoms with Gasteiger partial charge in [-0.1, -0.05) is 29.3 Å². The largest absolute Gasteiger partial charge is 0.373 e. The highest BCUT2D eigenvalue weighted by Crippen LogP contribution is 2.75. The molecule has 2 amide bonds. The monoisotopic (exact) mass is 423 g/mol. The molecule has 3 saturated heterocycles. The van der Waals surface area contributed by atoms with E-state index in [-0.39, 0.29) is 18.4 Å². The second-order valence-corrected chi connectivity index (χ2v) is 9.36. The normalized spacial score (nSPS) is 52.4. The molecule has 0 aromatic rings. The average Bonchev–Trinajstić information content (AvgIpc) is 3.29. The van der Waals surface area contributed by atoms with Gasteiger partial charge in [0.05, 0.1) is 50.5 Å². The van der Waals surface area contributed by atoms with Gasteiger partial charge in [0, 0.05) is 11.8 Å². The van der Waals surface area contributed by atoms with Gasteiger partial charge in [0.1, 0.15) is 0 Å². The van der Waals surface area contributed by atoms with Crippen LogP contribution in [0.25, 0.3) is 0 Å². The minimum absolute atomic E-state index is 0.0675. The van der Waals surface area contributed by atoms with E-state index in [1.807, 2.05) is 0 Å². The van der Waals surface area contributed by atoms with Crippen molar-refractivity contribution in [2.75, 3.05) is 6.61 Å². The fourth-order valence-corrected chi connectivity index (χ4v) is 7.54. The lowest BCUT2D eigenvalue weighted by atomic mass is 9.65. The van der Waals surface area contributed by atoms with Crippen molar-refractivity contribution in [3.05, 3.63) is 22.7 Å². The average molecular weight is 425 g/mol. The van der Waals surface area contributed by atoms with Gasteiger partial charge >= 0.3 is 0 Å². The van der Waals surface area contributed by atoms with E-state index in [9.17, 15) is 9.59 Å². The summed E-state index contributed by atoms with van der Waals surface area (Å²) in [4.78, 5) is 28.8. The number of carbonyl (C=O) groups excluding carboxylic acids is 2. The van der Waals surface area contributed by atoms with E-state index in [4.69, 9.17) is 56.0 Å². The number of nitrogens with zero attached hydrogens (tertiary/aromatic N) is 1. The Bertz CT molecular complexity index is 717. The second-order valence-electron chi connectivity index (χ2n) is 7.25. The number of amides is 2. The minimum atomic E-state index is -0.950. The maximum Gasteiger partial charge on any atom is 0.260 e. The first-order valence-electron chi connectivity index (χ1n) is 7.98. The Kier molecular flexibility index (Phi) is 3.33. The molecule has 9 heteroatoms. The lowest BCUT2D eigenvalue weighted by molar-refractivity contribution is -0.189. The van der Waals surface area contributed by atoms with Gasteiger partial charge in [-0.05, 0) is 6.42 Å². The van der Waals surface area contributed by atoms with E-state index in [0.717, 1.165) is 5.06 Å². The van der Waals surface area contributed by atoms with Crippen molar-refractivity contribution in [1.82, 2.24) is 5.06 Å². The summed E-state index contributed by atoms with van der Waals surface area (Å²) in [5.41, 5.74) is 0. The molecule has 5 aliphatic rings. The zero-order chi connectivity index (χ0) is 17.9. The predicted molar refractivity (Wildman–Crippen MR) is 91.1 cm³/mol. The van der Waals surface area contributed by atoms with Gasteiger partial charge in [0.15, 0.2) is 0 Å². The molecule has 0 spiro atoms. The lowest BCUT2D eigenvalue weighted by Gasteiger charge is -2.40. The molecule has 5 rings (SSSR count). The van der Waals surface area contributed by atoms with Crippen molar-refractivity contribution in [3.8, 4) is 0 Å². The van der Waals surface area contributed by atoms with Gasteiger partial charge < -0.3 is 4.74 Å². The quantitative estimate of drug-likeness (QED) is 0.397. The second kappa shape index (κ2) is 4.94. The van der Waals surface area contributed by atoms with Gasteiger partial charge in [-0.25, -0.2) is 0 Å². The van der Waals surface area contributed by atoms with Crippen LogP contribution in [0.1, 0.15) is 6.42 Å². The molecule has 4 fully saturated rings. The van der Waals surface area contributed by atoms with Crippen LogP contribution in [0, 0.1) is 23.7 Å². The van der Waals surface area contributed by atoms with Crippen LogP contribution in [0.3, 0.4) is 0 Å². The van der Waals surface area contributed by atoms with Crippen molar-refractivity contribution >= 4 is 58.2 Å². The number of hydrogen-bond donors (Lipinski definition) is 0. The maximum absolute atomic E-state index is 12.7. The summed E-state index contributed by atoms with van der Waals surface area (Å²) in [6.07, 6.45) is 0.806. The fraction of sp³-hybridized carbons (Fsp3) is 0.625.